The Balaban J connectivity index is 2.20. The third-order valence-electron chi connectivity index (χ3n) is 3.47. The summed E-state index contributed by atoms with van der Waals surface area (Å²) in [6.07, 6.45) is 2.93. The largest absolute Gasteiger partial charge is 0.361 e. The maximum Gasteiger partial charge on any atom is 0.270 e. The van der Waals surface area contributed by atoms with Crippen LogP contribution in [0.15, 0.2) is 21.3 Å². The monoisotopic (exact) mass is 353 g/mol. The van der Waals surface area contributed by atoms with E-state index in [9.17, 15) is 4.79 Å². The lowest BCUT2D eigenvalue weighted by Crippen LogP contribution is -2.28. The van der Waals surface area contributed by atoms with Gasteiger partial charge in [-0.3, -0.25) is 4.79 Å². The van der Waals surface area contributed by atoms with Crippen LogP contribution in [0.1, 0.15) is 40.9 Å². The van der Waals surface area contributed by atoms with Gasteiger partial charge < -0.3 is 14.0 Å². The topological polar surface area (TPSA) is 51.3 Å². The fourth-order valence-electron chi connectivity index (χ4n) is 2.31. The Bertz CT molecular complexity index is 626. The molecule has 21 heavy (non-hydrogen) atoms. The van der Waals surface area contributed by atoms with Gasteiger partial charge >= 0.3 is 0 Å². The highest BCUT2D eigenvalue weighted by Gasteiger charge is 2.20. The Morgan fingerprint density at radius 2 is 2.19 bits per heavy atom. The van der Waals surface area contributed by atoms with E-state index in [0.29, 0.717) is 12.2 Å². The average molecular weight is 354 g/mol. The molecular formula is C15H20BrN3O2. The summed E-state index contributed by atoms with van der Waals surface area (Å²) in [4.78, 5) is 14.3. The Labute approximate surface area is 133 Å². The van der Waals surface area contributed by atoms with E-state index in [0.717, 1.165) is 34.5 Å². The van der Waals surface area contributed by atoms with Crippen molar-refractivity contribution in [2.24, 2.45) is 0 Å². The summed E-state index contributed by atoms with van der Waals surface area (Å²) in [6, 6.07) is 1.86. The smallest absolute Gasteiger partial charge is 0.270 e. The van der Waals surface area contributed by atoms with Gasteiger partial charge in [-0.1, -0.05) is 12.1 Å². The highest BCUT2D eigenvalue weighted by molar-refractivity contribution is 9.10. The summed E-state index contributed by atoms with van der Waals surface area (Å²) >= 11 is 3.44. The van der Waals surface area contributed by atoms with Gasteiger partial charge in [-0.25, -0.2) is 0 Å². The zero-order valence-electron chi connectivity index (χ0n) is 12.8. The van der Waals surface area contributed by atoms with Gasteiger partial charge in [-0.05, 0) is 42.3 Å². The molecule has 6 heteroatoms. The second-order valence-corrected chi connectivity index (χ2v) is 6.12. The fourth-order valence-corrected chi connectivity index (χ4v) is 2.78. The van der Waals surface area contributed by atoms with Crippen molar-refractivity contribution >= 4 is 21.8 Å². The molecule has 0 saturated heterocycles. The summed E-state index contributed by atoms with van der Waals surface area (Å²) in [5.74, 6) is 0.756. The van der Waals surface area contributed by atoms with Crippen molar-refractivity contribution in [3.63, 3.8) is 0 Å². The third-order valence-corrected chi connectivity index (χ3v) is 3.90. The summed E-state index contributed by atoms with van der Waals surface area (Å²) in [5.41, 5.74) is 2.49. The summed E-state index contributed by atoms with van der Waals surface area (Å²) in [5, 5.41) is 3.93. The molecule has 0 aliphatic rings. The van der Waals surface area contributed by atoms with E-state index in [-0.39, 0.29) is 5.91 Å². The molecule has 0 aliphatic heterocycles. The minimum absolute atomic E-state index is 0.00542. The van der Waals surface area contributed by atoms with Gasteiger partial charge in [0.05, 0.1) is 12.2 Å². The maximum atomic E-state index is 12.6. The van der Waals surface area contributed by atoms with Crippen molar-refractivity contribution in [1.29, 1.82) is 0 Å². The van der Waals surface area contributed by atoms with Crippen LogP contribution in [0.25, 0.3) is 0 Å². The van der Waals surface area contributed by atoms with Crippen LogP contribution in [0.5, 0.6) is 0 Å². The summed E-state index contributed by atoms with van der Waals surface area (Å²) < 4.78 is 8.05. The number of hydrogen-bond donors (Lipinski definition) is 0. The highest BCUT2D eigenvalue weighted by Crippen LogP contribution is 2.19. The molecule has 0 saturated carbocycles. The predicted octanol–water partition coefficient (Wildman–Crippen LogP) is 3.54. The van der Waals surface area contributed by atoms with Gasteiger partial charge in [0.15, 0.2) is 0 Å². The van der Waals surface area contributed by atoms with Crippen LogP contribution in [0.2, 0.25) is 0 Å². The molecule has 0 aromatic carbocycles. The summed E-state index contributed by atoms with van der Waals surface area (Å²) in [6.45, 7) is 7.17. The lowest BCUT2D eigenvalue weighted by Gasteiger charge is -2.18. The molecule has 1 amide bonds. The van der Waals surface area contributed by atoms with Crippen LogP contribution in [-0.4, -0.2) is 27.6 Å². The number of nitrogens with zero attached hydrogens (tertiary/aromatic N) is 3. The number of aromatic nitrogens is 2. The predicted molar refractivity (Wildman–Crippen MR) is 84.2 cm³/mol. The van der Waals surface area contributed by atoms with Crippen molar-refractivity contribution < 1.29 is 9.32 Å². The molecule has 2 rings (SSSR count). The van der Waals surface area contributed by atoms with Gasteiger partial charge in [0.1, 0.15) is 11.5 Å². The Morgan fingerprint density at radius 1 is 1.48 bits per heavy atom. The number of hydrogen-bond acceptors (Lipinski definition) is 3. The molecular weight excluding hydrogens is 334 g/mol. The first-order chi connectivity index (χ1) is 9.93. The molecule has 2 heterocycles. The van der Waals surface area contributed by atoms with Gasteiger partial charge in [0.25, 0.3) is 5.91 Å². The quantitative estimate of drug-likeness (QED) is 0.825. The number of rotatable bonds is 5. The number of amides is 1. The van der Waals surface area contributed by atoms with Gasteiger partial charge in [-0.2, -0.15) is 0 Å². The molecule has 0 radical (unpaired) electrons. The van der Waals surface area contributed by atoms with E-state index < -0.39 is 0 Å². The van der Waals surface area contributed by atoms with Crippen molar-refractivity contribution in [2.75, 3.05) is 7.05 Å². The van der Waals surface area contributed by atoms with E-state index in [1.54, 1.807) is 11.9 Å². The second kappa shape index (κ2) is 6.47. The molecule has 0 fully saturated rings. The van der Waals surface area contributed by atoms with Gasteiger partial charge in [0.2, 0.25) is 0 Å². The molecule has 5 nitrogen and oxygen atoms in total. The molecule has 0 atom stereocenters. The molecule has 0 aliphatic carbocycles. The van der Waals surface area contributed by atoms with Gasteiger partial charge in [0, 0.05) is 29.8 Å². The second-order valence-electron chi connectivity index (χ2n) is 5.20. The van der Waals surface area contributed by atoms with Crippen LogP contribution in [0.3, 0.4) is 0 Å². The van der Waals surface area contributed by atoms with Crippen molar-refractivity contribution in [3.8, 4) is 0 Å². The van der Waals surface area contributed by atoms with Crippen LogP contribution >= 0.6 is 15.9 Å². The molecule has 2 aromatic rings. The lowest BCUT2D eigenvalue weighted by atomic mass is 10.2. The maximum absolute atomic E-state index is 12.6. The van der Waals surface area contributed by atoms with Crippen LogP contribution < -0.4 is 0 Å². The molecule has 0 bridgehead atoms. The molecule has 2 aromatic heterocycles. The van der Waals surface area contributed by atoms with E-state index in [2.05, 4.69) is 28.0 Å². The zero-order valence-corrected chi connectivity index (χ0v) is 14.4. The standard InChI is InChI=1S/C15H20BrN3O2/c1-5-6-19-8-12(16)7-14(19)15(20)18(4)9-13-10(2)17-21-11(13)3/h7-8H,5-6,9H2,1-4H3. The minimum Gasteiger partial charge on any atom is -0.361 e. The van der Waals surface area contributed by atoms with Crippen molar-refractivity contribution in [3.05, 3.63) is 39.4 Å². The molecule has 0 spiro atoms. The first-order valence-corrected chi connectivity index (χ1v) is 7.76. The first kappa shape index (κ1) is 15.8. The van der Waals surface area contributed by atoms with Gasteiger partial charge in [-0.15, -0.1) is 0 Å². The Morgan fingerprint density at radius 3 is 2.76 bits per heavy atom. The normalized spacial score (nSPS) is 10.9. The summed E-state index contributed by atoms with van der Waals surface area (Å²) in [7, 11) is 1.80. The number of halogens is 1. The van der Waals surface area contributed by atoms with Crippen molar-refractivity contribution in [1.82, 2.24) is 14.6 Å². The Hall–Kier alpha value is -1.56. The number of carbonyl (C=O) groups is 1. The van der Waals surface area contributed by atoms with Crippen LogP contribution in [0, 0.1) is 13.8 Å². The van der Waals surface area contributed by atoms with Crippen molar-refractivity contribution in [2.45, 2.75) is 40.3 Å². The lowest BCUT2D eigenvalue weighted by molar-refractivity contribution is 0.0773. The Kier molecular flexibility index (Phi) is 4.88. The number of carbonyl (C=O) groups excluding carboxylic acids is 1. The highest BCUT2D eigenvalue weighted by atomic mass is 79.9. The van der Waals surface area contributed by atoms with E-state index in [1.165, 1.54) is 0 Å². The fraction of sp³-hybridized carbons (Fsp3) is 0.467. The zero-order chi connectivity index (χ0) is 15.6. The van der Waals surface area contributed by atoms with Crippen LogP contribution in [-0.2, 0) is 13.1 Å². The van der Waals surface area contributed by atoms with E-state index in [1.807, 2.05) is 30.7 Å². The molecule has 0 N–H and O–H groups in total. The van der Waals surface area contributed by atoms with Crippen LogP contribution in [0.4, 0.5) is 0 Å². The molecule has 114 valence electrons. The average Bonchev–Trinajstić information content (AvgIpc) is 2.95. The number of aryl methyl sites for hydroxylation is 3. The minimum atomic E-state index is -0.00542. The SMILES string of the molecule is CCCn1cc(Br)cc1C(=O)N(C)Cc1c(C)noc1C. The van der Waals surface area contributed by atoms with E-state index >= 15 is 0 Å². The third kappa shape index (κ3) is 3.37. The molecule has 0 unspecified atom stereocenters. The first-order valence-electron chi connectivity index (χ1n) is 6.97. The van der Waals surface area contributed by atoms with E-state index in [4.69, 9.17) is 4.52 Å².